The summed E-state index contributed by atoms with van der Waals surface area (Å²) in [5, 5.41) is 0. The molecule has 2 aromatic carbocycles. The van der Waals surface area contributed by atoms with Gasteiger partial charge in [-0.15, -0.1) is 0 Å². The molecular formula is C27H34N5O3P. The van der Waals surface area contributed by atoms with Gasteiger partial charge in [0.15, 0.2) is 17.3 Å². The molecule has 0 aliphatic heterocycles. The quantitative estimate of drug-likeness (QED) is 0.244. The molecule has 0 saturated carbocycles. The highest BCUT2D eigenvalue weighted by atomic mass is 31.0. The van der Waals surface area contributed by atoms with E-state index in [0.717, 1.165) is 24.1 Å². The third-order valence-corrected chi connectivity index (χ3v) is 6.58. The van der Waals surface area contributed by atoms with Crippen molar-refractivity contribution in [1.29, 1.82) is 0 Å². The number of rotatable bonds is 9. The van der Waals surface area contributed by atoms with E-state index in [4.69, 9.17) is 15.2 Å². The zero-order chi connectivity index (χ0) is 26.4. The molecular weight excluding hydrogens is 473 g/mol. The Morgan fingerprint density at radius 1 is 1.06 bits per heavy atom. The Balaban J connectivity index is 1.90. The maximum absolute atomic E-state index is 13.0. The van der Waals surface area contributed by atoms with Crippen molar-refractivity contribution in [3.63, 3.8) is 0 Å². The lowest BCUT2D eigenvalue weighted by Gasteiger charge is -2.22. The van der Waals surface area contributed by atoms with Gasteiger partial charge in [0.1, 0.15) is 5.69 Å². The molecule has 36 heavy (non-hydrogen) atoms. The second-order valence-corrected chi connectivity index (χ2v) is 8.77. The van der Waals surface area contributed by atoms with Gasteiger partial charge in [-0.25, -0.2) is 4.98 Å². The highest BCUT2D eigenvalue weighted by Gasteiger charge is 2.17. The molecule has 0 bridgehead atoms. The van der Waals surface area contributed by atoms with Gasteiger partial charge >= 0.3 is 0 Å². The lowest BCUT2D eigenvalue weighted by Crippen LogP contribution is -2.19. The van der Waals surface area contributed by atoms with Crippen molar-refractivity contribution in [2.24, 2.45) is 0 Å². The van der Waals surface area contributed by atoms with E-state index in [1.165, 1.54) is 21.9 Å². The molecule has 0 saturated heterocycles. The lowest BCUT2D eigenvalue weighted by atomic mass is 10.0. The van der Waals surface area contributed by atoms with Crippen LogP contribution >= 0.6 is 9.39 Å². The number of benzene rings is 2. The van der Waals surface area contributed by atoms with Crippen LogP contribution in [0.5, 0.6) is 11.5 Å². The summed E-state index contributed by atoms with van der Waals surface area (Å²) < 4.78 is 12.4. The predicted molar refractivity (Wildman–Crippen MR) is 150 cm³/mol. The highest BCUT2D eigenvalue weighted by molar-refractivity contribution is 7.21. The molecule has 0 fully saturated rings. The number of hydrogen-bond donors (Lipinski definition) is 1. The first kappa shape index (κ1) is 27.0. The minimum Gasteiger partial charge on any atom is -0.493 e. The Kier molecular flexibility index (Phi) is 8.88. The highest BCUT2D eigenvalue weighted by Crippen LogP contribution is 2.37. The Morgan fingerprint density at radius 3 is 2.36 bits per heavy atom. The van der Waals surface area contributed by atoms with E-state index < -0.39 is 0 Å². The Bertz CT molecular complexity index is 1280. The molecule has 1 aromatic heterocycles. The Labute approximate surface area is 215 Å². The number of aryl methyl sites for hydroxylation is 3. The molecule has 0 aliphatic rings. The first-order chi connectivity index (χ1) is 17.2. The summed E-state index contributed by atoms with van der Waals surface area (Å²) in [4.78, 5) is 23.9. The van der Waals surface area contributed by atoms with Gasteiger partial charge < -0.3 is 20.1 Å². The lowest BCUT2D eigenvalue weighted by molar-refractivity contribution is -0.112. The zero-order valence-electron chi connectivity index (χ0n) is 21.7. The van der Waals surface area contributed by atoms with Crippen LogP contribution < -0.4 is 24.8 Å². The van der Waals surface area contributed by atoms with Crippen LogP contribution in [-0.4, -0.2) is 37.1 Å². The molecule has 0 spiro atoms. The Hall–Kier alpha value is -3.64. The minimum absolute atomic E-state index is 0.251. The van der Waals surface area contributed by atoms with E-state index in [2.05, 4.69) is 33.2 Å². The molecule has 1 heterocycles. The van der Waals surface area contributed by atoms with Crippen molar-refractivity contribution in [3.05, 3.63) is 65.1 Å². The van der Waals surface area contributed by atoms with E-state index >= 15 is 0 Å². The van der Waals surface area contributed by atoms with Crippen molar-refractivity contribution in [1.82, 2.24) is 9.97 Å². The van der Waals surface area contributed by atoms with Crippen LogP contribution in [0.3, 0.4) is 0 Å². The third kappa shape index (κ3) is 5.60. The number of anilines is 4. The van der Waals surface area contributed by atoms with Crippen molar-refractivity contribution in [2.75, 3.05) is 36.6 Å². The number of carbonyl (C=O) groups excluding carboxylic acids is 1. The maximum Gasteiger partial charge on any atom is 0.253 e. The van der Waals surface area contributed by atoms with E-state index in [-0.39, 0.29) is 5.91 Å². The number of ether oxygens (including phenoxy) is 2. The van der Waals surface area contributed by atoms with Crippen LogP contribution in [0.2, 0.25) is 0 Å². The first-order valence-corrected chi connectivity index (χ1v) is 12.2. The fourth-order valence-corrected chi connectivity index (χ4v) is 4.39. The molecule has 1 unspecified atom stereocenters. The summed E-state index contributed by atoms with van der Waals surface area (Å²) in [5.41, 5.74) is 12.2. The number of nitrogens with two attached hydrogens (primary N) is 1. The third-order valence-electron chi connectivity index (χ3n) is 6.05. The van der Waals surface area contributed by atoms with E-state index in [1.807, 2.05) is 43.1 Å². The van der Waals surface area contributed by atoms with Crippen LogP contribution in [-0.2, 0) is 17.6 Å². The Morgan fingerprint density at radius 2 is 1.72 bits per heavy atom. The van der Waals surface area contributed by atoms with Gasteiger partial charge in [-0.1, -0.05) is 13.8 Å². The molecule has 190 valence electrons. The number of aromatic nitrogens is 2. The van der Waals surface area contributed by atoms with Gasteiger partial charge in [0, 0.05) is 37.3 Å². The van der Waals surface area contributed by atoms with Crippen molar-refractivity contribution >= 4 is 44.3 Å². The summed E-state index contributed by atoms with van der Waals surface area (Å²) in [6.45, 7) is 6.14. The van der Waals surface area contributed by atoms with E-state index in [9.17, 15) is 4.79 Å². The predicted octanol–water partition coefficient (Wildman–Crippen LogP) is 5.11. The standard InChI is InChI=1S/C27H34N5O3P/c1-7-18-14-21(28)23(15-19(18)8-2)32(36)25(33)10-9-22-27(30-12-11-29-22)31(4)20-13-17(3)26(35-6)24(16-20)34-5/h9-16H,7-8,28,36H2,1-6H3/b10-9+. The number of amides is 1. The smallest absolute Gasteiger partial charge is 0.253 e. The fourth-order valence-electron chi connectivity index (χ4n) is 4.08. The molecule has 0 aliphatic carbocycles. The van der Waals surface area contributed by atoms with Gasteiger partial charge in [0.25, 0.3) is 5.91 Å². The number of carbonyl (C=O) groups is 1. The van der Waals surface area contributed by atoms with Crippen molar-refractivity contribution in [3.8, 4) is 11.5 Å². The summed E-state index contributed by atoms with van der Waals surface area (Å²) >= 11 is 0. The molecule has 3 rings (SSSR count). The number of nitrogen functional groups attached to an aromatic ring is 1. The summed E-state index contributed by atoms with van der Waals surface area (Å²) in [6, 6.07) is 7.78. The summed E-state index contributed by atoms with van der Waals surface area (Å²) in [6.07, 6.45) is 8.08. The fraction of sp³-hybridized carbons (Fsp3) is 0.296. The van der Waals surface area contributed by atoms with Gasteiger partial charge in [-0.05, 0) is 70.1 Å². The van der Waals surface area contributed by atoms with Gasteiger partial charge in [-0.2, -0.15) is 0 Å². The molecule has 8 nitrogen and oxygen atoms in total. The van der Waals surface area contributed by atoms with Crippen LogP contribution in [0, 0.1) is 6.92 Å². The average Bonchev–Trinajstić information content (AvgIpc) is 2.90. The monoisotopic (exact) mass is 507 g/mol. The molecule has 3 aromatic rings. The van der Waals surface area contributed by atoms with Crippen LogP contribution in [0.25, 0.3) is 6.08 Å². The molecule has 2 N–H and O–H groups in total. The molecule has 1 amide bonds. The van der Waals surface area contributed by atoms with Crippen LogP contribution in [0.4, 0.5) is 22.9 Å². The number of nitrogens with zero attached hydrogens (tertiary/aromatic N) is 4. The van der Waals surface area contributed by atoms with Gasteiger partial charge in [0.2, 0.25) is 0 Å². The number of hydrogen-bond acceptors (Lipinski definition) is 7. The second-order valence-electron chi connectivity index (χ2n) is 8.25. The first-order valence-electron chi connectivity index (χ1n) is 11.7. The molecule has 9 heteroatoms. The summed E-state index contributed by atoms with van der Waals surface area (Å²) in [7, 11) is 7.56. The molecule has 1 atom stereocenters. The largest absolute Gasteiger partial charge is 0.493 e. The molecule has 0 radical (unpaired) electrons. The zero-order valence-corrected chi connectivity index (χ0v) is 22.9. The maximum atomic E-state index is 13.0. The average molecular weight is 508 g/mol. The van der Waals surface area contributed by atoms with E-state index in [1.54, 1.807) is 32.7 Å². The SMILES string of the molecule is CCc1cc(N)c(N(P)C(=O)/C=C/c2nccnc2N(C)c2cc(C)c(OC)c(OC)c2)cc1CC. The number of methoxy groups -OCH3 is 2. The van der Waals surface area contributed by atoms with Crippen LogP contribution in [0.1, 0.15) is 36.2 Å². The van der Waals surface area contributed by atoms with Crippen LogP contribution in [0.15, 0.2) is 42.7 Å². The van der Waals surface area contributed by atoms with Gasteiger partial charge in [-0.3, -0.25) is 14.4 Å². The van der Waals surface area contributed by atoms with E-state index in [0.29, 0.717) is 34.4 Å². The second kappa shape index (κ2) is 11.9. The topological polar surface area (TPSA) is 93.8 Å². The summed E-state index contributed by atoms with van der Waals surface area (Å²) in [5.74, 6) is 1.63. The normalized spacial score (nSPS) is 11.0. The van der Waals surface area contributed by atoms with Crippen molar-refractivity contribution in [2.45, 2.75) is 33.6 Å². The van der Waals surface area contributed by atoms with Gasteiger partial charge in [0.05, 0.1) is 25.6 Å². The minimum atomic E-state index is -0.251. The van der Waals surface area contributed by atoms with Crippen molar-refractivity contribution < 1.29 is 14.3 Å².